The van der Waals surface area contributed by atoms with E-state index in [2.05, 4.69) is 19.2 Å². The largest absolute Gasteiger partial charge is 0.451 e. The molecule has 2 aliphatic rings. The summed E-state index contributed by atoms with van der Waals surface area (Å²) in [4.78, 5) is 26.0. The maximum atomic E-state index is 12.1. The second kappa shape index (κ2) is 7.04. The van der Waals surface area contributed by atoms with E-state index in [0.717, 1.165) is 25.7 Å². The number of fused-ring (bicyclic) bond motifs is 1. The zero-order chi connectivity index (χ0) is 16.4. The number of amides is 1. The SMILES string of the molecule is C[C@@H]1[C@@H](C)CCC[C@H]1NC(=O)COC(=O)c1cc2c(s1)CCC2. The van der Waals surface area contributed by atoms with Crippen LogP contribution in [0.5, 0.6) is 0 Å². The normalized spacial score (nSPS) is 26.6. The van der Waals surface area contributed by atoms with Crippen LogP contribution in [0, 0.1) is 11.8 Å². The molecule has 3 rings (SSSR count). The number of carbonyl (C=O) groups excluding carboxylic acids is 2. The first-order chi connectivity index (χ1) is 11.0. The fraction of sp³-hybridized carbons (Fsp3) is 0.667. The highest BCUT2D eigenvalue weighted by atomic mass is 32.1. The molecule has 1 amide bonds. The highest BCUT2D eigenvalue weighted by molar-refractivity contribution is 7.14. The highest BCUT2D eigenvalue weighted by Gasteiger charge is 2.28. The number of aryl methyl sites for hydroxylation is 2. The van der Waals surface area contributed by atoms with E-state index in [1.807, 2.05) is 6.07 Å². The van der Waals surface area contributed by atoms with E-state index in [9.17, 15) is 9.59 Å². The monoisotopic (exact) mass is 335 g/mol. The summed E-state index contributed by atoms with van der Waals surface area (Å²) in [5.41, 5.74) is 1.27. The fourth-order valence-corrected chi connectivity index (χ4v) is 4.81. The fourth-order valence-electron chi connectivity index (χ4n) is 3.67. The van der Waals surface area contributed by atoms with Crippen molar-refractivity contribution in [2.45, 2.75) is 58.4 Å². The van der Waals surface area contributed by atoms with Crippen LogP contribution < -0.4 is 5.32 Å². The van der Waals surface area contributed by atoms with Gasteiger partial charge in [0.2, 0.25) is 0 Å². The smallest absolute Gasteiger partial charge is 0.348 e. The van der Waals surface area contributed by atoms with E-state index in [1.165, 1.54) is 34.6 Å². The van der Waals surface area contributed by atoms with Crippen LogP contribution >= 0.6 is 11.3 Å². The summed E-state index contributed by atoms with van der Waals surface area (Å²) in [7, 11) is 0. The van der Waals surface area contributed by atoms with E-state index in [4.69, 9.17) is 4.74 Å². The summed E-state index contributed by atoms with van der Waals surface area (Å²) in [5, 5.41) is 3.03. The Bertz CT molecular complexity index is 574. The average molecular weight is 335 g/mol. The van der Waals surface area contributed by atoms with Crippen molar-refractivity contribution in [3.05, 3.63) is 21.4 Å². The number of rotatable bonds is 4. The number of ether oxygens (including phenoxy) is 1. The van der Waals surface area contributed by atoms with E-state index in [-0.39, 0.29) is 24.5 Å². The van der Waals surface area contributed by atoms with Gasteiger partial charge in [0, 0.05) is 10.9 Å². The predicted octanol–water partition coefficient (Wildman–Crippen LogP) is 3.33. The lowest BCUT2D eigenvalue weighted by atomic mass is 9.78. The third kappa shape index (κ3) is 3.77. The van der Waals surface area contributed by atoms with Gasteiger partial charge in [-0.15, -0.1) is 11.3 Å². The van der Waals surface area contributed by atoms with Crippen LogP contribution in [-0.4, -0.2) is 24.5 Å². The number of carbonyl (C=O) groups is 2. The predicted molar refractivity (Wildman–Crippen MR) is 90.7 cm³/mol. The standard InChI is InChI=1S/C18H25NO3S/c1-11-5-3-7-14(12(11)2)19-17(20)10-22-18(21)16-9-13-6-4-8-15(13)23-16/h9,11-12,14H,3-8,10H2,1-2H3,(H,19,20)/t11-,12+,14+/m0/s1. The minimum absolute atomic E-state index is 0.182. The molecule has 4 nitrogen and oxygen atoms in total. The minimum atomic E-state index is -0.371. The molecule has 23 heavy (non-hydrogen) atoms. The first-order valence-electron chi connectivity index (χ1n) is 8.62. The molecule has 0 aromatic carbocycles. The van der Waals surface area contributed by atoms with Gasteiger partial charge in [-0.05, 0) is 49.1 Å². The number of esters is 1. The van der Waals surface area contributed by atoms with Crippen molar-refractivity contribution in [1.29, 1.82) is 0 Å². The van der Waals surface area contributed by atoms with Gasteiger partial charge < -0.3 is 10.1 Å². The zero-order valence-corrected chi connectivity index (χ0v) is 14.7. The Kier molecular flexibility index (Phi) is 5.05. The minimum Gasteiger partial charge on any atom is -0.451 e. The van der Waals surface area contributed by atoms with Crippen LogP contribution in [0.15, 0.2) is 6.07 Å². The third-order valence-corrected chi connectivity index (χ3v) is 6.55. The number of nitrogens with one attached hydrogen (secondary N) is 1. The molecule has 1 aromatic heterocycles. The Morgan fingerprint density at radius 3 is 2.87 bits per heavy atom. The van der Waals surface area contributed by atoms with Crippen molar-refractivity contribution in [1.82, 2.24) is 5.32 Å². The molecule has 2 aliphatic carbocycles. The molecule has 126 valence electrons. The Morgan fingerprint density at radius 2 is 2.09 bits per heavy atom. The van der Waals surface area contributed by atoms with E-state index in [0.29, 0.717) is 16.7 Å². The van der Waals surface area contributed by atoms with Gasteiger partial charge >= 0.3 is 5.97 Å². The van der Waals surface area contributed by atoms with Gasteiger partial charge in [-0.2, -0.15) is 0 Å². The summed E-state index contributed by atoms with van der Waals surface area (Å²) in [6.07, 6.45) is 6.69. The summed E-state index contributed by atoms with van der Waals surface area (Å²) in [6, 6.07) is 2.13. The van der Waals surface area contributed by atoms with Crippen LogP contribution in [0.25, 0.3) is 0 Å². The van der Waals surface area contributed by atoms with Gasteiger partial charge in [-0.25, -0.2) is 4.79 Å². The molecule has 1 aromatic rings. The summed E-state index contributed by atoms with van der Waals surface area (Å²) in [6.45, 7) is 4.24. The van der Waals surface area contributed by atoms with Crippen molar-refractivity contribution in [3.8, 4) is 0 Å². The topological polar surface area (TPSA) is 55.4 Å². The maximum absolute atomic E-state index is 12.1. The second-order valence-electron chi connectivity index (χ2n) is 6.93. The number of hydrogen-bond donors (Lipinski definition) is 1. The van der Waals surface area contributed by atoms with E-state index in [1.54, 1.807) is 0 Å². The van der Waals surface area contributed by atoms with Crippen molar-refractivity contribution >= 4 is 23.2 Å². The lowest BCUT2D eigenvalue weighted by Crippen LogP contribution is -2.45. The summed E-state index contributed by atoms with van der Waals surface area (Å²) >= 11 is 1.51. The molecule has 0 saturated heterocycles. The van der Waals surface area contributed by atoms with Gasteiger partial charge in [-0.1, -0.05) is 26.7 Å². The highest BCUT2D eigenvalue weighted by Crippen LogP contribution is 2.31. The van der Waals surface area contributed by atoms with Crippen LogP contribution in [0.1, 0.15) is 59.6 Å². The lowest BCUT2D eigenvalue weighted by Gasteiger charge is -2.34. The van der Waals surface area contributed by atoms with E-state index < -0.39 is 0 Å². The van der Waals surface area contributed by atoms with Crippen LogP contribution in [0.2, 0.25) is 0 Å². The summed E-state index contributed by atoms with van der Waals surface area (Å²) in [5.74, 6) is 0.548. The van der Waals surface area contributed by atoms with Gasteiger partial charge in [0.15, 0.2) is 6.61 Å². The molecule has 1 heterocycles. The molecule has 0 bridgehead atoms. The maximum Gasteiger partial charge on any atom is 0.348 e. The Morgan fingerprint density at radius 1 is 1.26 bits per heavy atom. The first kappa shape index (κ1) is 16.5. The molecule has 0 radical (unpaired) electrons. The average Bonchev–Trinajstić information content (AvgIpc) is 3.11. The molecule has 5 heteroatoms. The molecule has 1 fully saturated rings. The lowest BCUT2D eigenvalue weighted by molar-refractivity contribution is -0.125. The van der Waals surface area contributed by atoms with Gasteiger partial charge in [-0.3, -0.25) is 4.79 Å². The Hall–Kier alpha value is -1.36. The zero-order valence-electron chi connectivity index (χ0n) is 13.9. The molecule has 1 saturated carbocycles. The number of hydrogen-bond acceptors (Lipinski definition) is 4. The number of thiophene rings is 1. The van der Waals surface area contributed by atoms with E-state index >= 15 is 0 Å². The van der Waals surface area contributed by atoms with Crippen molar-refractivity contribution in [3.63, 3.8) is 0 Å². The Labute approximate surface area is 141 Å². The van der Waals surface area contributed by atoms with Gasteiger partial charge in [0.25, 0.3) is 5.91 Å². The van der Waals surface area contributed by atoms with Gasteiger partial charge in [0.1, 0.15) is 4.88 Å². The molecule has 0 unspecified atom stereocenters. The molecular formula is C18H25NO3S. The molecule has 0 spiro atoms. The Balaban J connectivity index is 1.47. The quantitative estimate of drug-likeness (QED) is 0.859. The molecular weight excluding hydrogens is 310 g/mol. The van der Waals surface area contributed by atoms with Gasteiger partial charge in [0.05, 0.1) is 0 Å². The van der Waals surface area contributed by atoms with Crippen LogP contribution in [-0.2, 0) is 22.4 Å². The molecule has 3 atom stereocenters. The summed E-state index contributed by atoms with van der Waals surface area (Å²) < 4.78 is 5.19. The molecule has 0 aliphatic heterocycles. The third-order valence-electron chi connectivity index (χ3n) is 5.34. The van der Waals surface area contributed by atoms with Crippen molar-refractivity contribution in [2.24, 2.45) is 11.8 Å². The second-order valence-corrected chi connectivity index (χ2v) is 8.07. The van der Waals surface area contributed by atoms with Crippen molar-refractivity contribution < 1.29 is 14.3 Å². The van der Waals surface area contributed by atoms with Crippen LogP contribution in [0.4, 0.5) is 0 Å². The molecule has 1 N–H and O–H groups in total. The first-order valence-corrected chi connectivity index (χ1v) is 9.44. The van der Waals surface area contributed by atoms with Crippen molar-refractivity contribution in [2.75, 3.05) is 6.61 Å². The van der Waals surface area contributed by atoms with Crippen LogP contribution in [0.3, 0.4) is 0 Å².